The molecule has 0 aromatic heterocycles. The van der Waals surface area contributed by atoms with Crippen LogP contribution in [0.2, 0.25) is 0 Å². The Morgan fingerprint density at radius 1 is 1.10 bits per heavy atom. The second kappa shape index (κ2) is 9.01. The molecule has 4 atom stereocenters. The van der Waals surface area contributed by atoms with E-state index in [-0.39, 0.29) is 0 Å². The quantitative estimate of drug-likeness (QED) is 0.738. The van der Waals surface area contributed by atoms with Crippen LogP contribution in [0.25, 0.3) is 0 Å². The first-order valence-electron chi connectivity index (χ1n) is 8.52. The summed E-state index contributed by atoms with van der Waals surface area (Å²) in [5.41, 5.74) is 0. The van der Waals surface area contributed by atoms with Gasteiger partial charge in [-0.15, -0.1) is 0 Å². The zero-order valence-corrected chi connectivity index (χ0v) is 14.7. The molecule has 1 saturated carbocycles. The van der Waals surface area contributed by atoms with Crippen LogP contribution in [0, 0.1) is 17.8 Å². The van der Waals surface area contributed by atoms with E-state index in [4.69, 9.17) is 0 Å². The van der Waals surface area contributed by atoms with E-state index in [1.54, 1.807) is 0 Å². The first kappa shape index (κ1) is 17.9. The summed E-state index contributed by atoms with van der Waals surface area (Å²) in [4.78, 5) is 4.94. The highest BCUT2D eigenvalue weighted by Gasteiger charge is 2.33. The summed E-state index contributed by atoms with van der Waals surface area (Å²) < 4.78 is 0. The fraction of sp³-hybridized carbons (Fsp3) is 1.00. The van der Waals surface area contributed by atoms with Crippen molar-refractivity contribution in [1.82, 2.24) is 15.1 Å². The second-order valence-corrected chi connectivity index (χ2v) is 7.16. The zero-order chi connectivity index (χ0) is 15.1. The minimum Gasteiger partial charge on any atom is -0.317 e. The van der Waals surface area contributed by atoms with Crippen LogP contribution in [-0.2, 0) is 0 Å². The van der Waals surface area contributed by atoms with E-state index in [0.29, 0.717) is 6.04 Å². The first-order chi connectivity index (χ1) is 9.47. The largest absolute Gasteiger partial charge is 0.317 e. The molecular formula is C17H37N3. The fourth-order valence-electron chi connectivity index (χ4n) is 3.84. The van der Waals surface area contributed by atoms with Crippen molar-refractivity contribution in [3.8, 4) is 0 Å². The number of hydrogen-bond acceptors (Lipinski definition) is 3. The van der Waals surface area contributed by atoms with E-state index in [0.717, 1.165) is 17.8 Å². The molecule has 1 aliphatic carbocycles. The lowest BCUT2D eigenvalue weighted by atomic mass is 9.72. The van der Waals surface area contributed by atoms with Crippen molar-refractivity contribution in [2.45, 2.75) is 46.1 Å². The zero-order valence-electron chi connectivity index (χ0n) is 14.7. The van der Waals surface area contributed by atoms with Crippen molar-refractivity contribution in [3.63, 3.8) is 0 Å². The van der Waals surface area contributed by atoms with Gasteiger partial charge < -0.3 is 15.1 Å². The smallest absolute Gasteiger partial charge is 0.0110 e. The summed E-state index contributed by atoms with van der Waals surface area (Å²) in [6.45, 7) is 12.1. The molecule has 20 heavy (non-hydrogen) atoms. The lowest BCUT2D eigenvalue weighted by Crippen LogP contribution is -2.48. The van der Waals surface area contributed by atoms with E-state index in [9.17, 15) is 0 Å². The van der Waals surface area contributed by atoms with Crippen LogP contribution in [-0.4, -0.2) is 63.2 Å². The maximum absolute atomic E-state index is 3.58. The first-order valence-corrected chi connectivity index (χ1v) is 8.52. The van der Waals surface area contributed by atoms with Gasteiger partial charge >= 0.3 is 0 Å². The Labute approximate surface area is 127 Å². The van der Waals surface area contributed by atoms with Gasteiger partial charge in [0.05, 0.1) is 0 Å². The molecule has 0 aliphatic heterocycles. The molecule has 0 amide bonds. The molecule has 0 heterocycles. The Hall–Kier alpha value is -0.120. The summed E-state index contributed by atoms with van der Waals surface area (Å²) in [5, 5.41) is 3.58. The van der Waals surface area contributed by atoms with Crippen molar-refractivity contribution in [2.75, 3.05) is 47.3 Å². The van der Waals surface area contributed by atoms with Crippen LogP contribution in [0.5, 0.6) is 0 Å². The average Bonchev–Trinajstić information content (AvgIpc) is 2.39. The van der Waals surface area contributed by atoms with Crippen LogP contribution in [0.3, 0.4) is 0 Å². The van der Waals surface area contributed by atoms with Gasteiger partial charge in [0.2, 0.25) is 0 Å². The highest BCUT2D eigenvalue weighted by Crippen LogP contribution is 2.34. The molecule has 0 saturated heterocycles. The molecule has 0 bridgehead atoms. The van der Waals surface area contributed by atoms with Gasteiger partial charge in [0.1, 0.15) is 0 Å². The van der Waals surface area contributed by atoms with E-state index in [2.05, 4.69) is 57.0 Å². The fourth-order valence-corrected chi connectivity index (χ4v) is 3.84. The van der Waals surface area contributed by atoms with Gasteiger partial charge in [-0.2, -0.15) is 0 Å². The number of nitrogens with one attached hydrogen (secondary N) is 1. The Morgan fingerprint density at radius 3 is 2.35 bits per heavy atom. The van der Waals surface area contributed by atoms with Crippen LogP contribution in [0.1, 0.15) is 40.0 Å². The predicted molar refractivity (Wildman–Crippen MR) is 89.2 cm³/mol. The molecule has 0 spiro atoms. The van der Waals surface area contributed by atoms with E-state index in [1.807, 2.05) is 0 Å². The average molecular weight is 284 g/mol. The Kier molecular flexibility index (Phi) is 8.08. The molecule has 4 unspecified atom stereocenters. The van der Waals surface area contributed by atoms with Crippen molar-refractivity contribution < 1.29 is 0 Å². The lowest BCUT2D eigenvalue weighted by Gasteiger charge is -2.42. The second-order valence-electron chi connectivity index (χ2n) is 7.16. The summed E-state index contributed by atoms with van der Waals surface area (Å²) in [6, 6.07) is 0.705. The number of hydrogen-bond donors (Lipinski definition) is 1. The Bertz CT molecular complexity index is 255. The normalized spacial score (nSPS) is 31.2. The standard InChI is InChI=1S/C17H37N3/c1-7-20(10-8-9-19(5)6)13-16-15(3)11-14(2)12-17(16)18-4/h14-18H,7-13H2,1-6H3. The monoisotopic (exact) mass is 283 g/mol. The number of rotatable bonds is 8. The van der Waals surface area contributed by atoms with Gasteiger partial charge in [0.15, 0.2) is 0 Å². The molecule has 120 valence electrons. The highest BCUT2D eigenvalue weighted by atomic mass is 15.1. The SMILES string of the molecule is CCN(CCCN(C)C)CC1C(C)CC(C)CC1NC. The van der Waals surface area contributed by atoms with Crippen molar-refractivity contribution in [2.24, 2.45) is 17.8 Å². The van der Waals surface area contributed by atoms with Gasteiger partial charge in [-0.1, -0.05) is 20.8 Å². The van der Waals surface area contributed by atoms with Gasteiger partial charge in [-0.25, -0.2) is 0 Å². The van der Waals surface area contributed by atoms with Crippen molar-refractivity contribution in [1.29, 1.82) is 0 Å². The van der Waals surface area contributed by atoms with Crippen LogP contribution < -0.4 is 5.32 Å². The molecular weight excluding hydrogens is 246 g/mol. The van der Waals surface area contributed by atoms with E-state index >= 15 is 0 Å². The maximum Gasteiger partial charge on any atom is 0.0110 e. The summed E-state index contributed by atoms with van der Waals surface area (Å²) in [6.07, 6.45) is 4.03. The lowest BCUT2D eigenvalue weighted by molar-refractivity contribution is 0.105. The molecule has 3 nitrogen and oxygen atoms in total. The van der Waals surface area contributed by atoms with E-state index in [1.165, 1.54) is 45.4 Å². The summed E-state index contributed by atoms with van der Waals surface area (Å²) in [5.74, 6) is 2.54. The third kappa shape index (κ3) is 5.71. The molecule has 0 aromatic carbocycles. The summed E-state index contributed by atoms with van der Waals surface area (Å²) >= 11 is 0. The molecule has 1 fully saturated rings. The van der Waals surface area contributed by atoms with Crippen LogP contribution >= 0.6 is 0 Å². The highest BCUT2D eigenvalue weighted by molar-refractivity contribution is 4.88. The molecule has 1 rings (SSSR count). The molecule has 0 aromatic rings. The van der Waals surface area contributed by atoms with Gasteiger partial charge in [0.25, 0.3) is 0 Å². The van der Waals surface area contributed by atoms with E-state index < -0.39 is 0 Å². The van der Waals surface area contributed by atoms with Gasteiger partial charge in [-0.05, 0) is 77.8 Å². The maximum atomic E-state index is 3.58. The molecule has 1 aliphatic rings. The Morgan fingerprint density at radius 2 is 1.80 bits per heavy atom. The van der Waals surface area contributed by atoms with Gasteiger partial charge in [0, 0.05) is 12.6 Å². The van der Waals surface area contributed by atoms with Crippen molar-refractivity contribution >= 4 is 0 Å². The minimum atomic E-state index is 0.705. The number of nitrogens with zero attached hydrogens (tertiary/aromatic N) is 2. The van der Waals surface area contributed by atoms with Crippen LogP contribution in [0.15, 0.2) is 0 Å². The Balaban J connectivity index is 2.48. The minimum absolute atomic E-state index is 0.705. The topological polar surface area (TPSA) is 18.5 Å². The van der Waals surface area contributed by atoms with Gasteiger partial charge in [-0.3, -0.25) is 0 Å². The molecule has 3 heteroatoms. The predicted octanol–water partition coefficient (Wildman–Crippen LogP) is 2.53. The van der Waals surface area contributed by atoms with Crippen molar-refractivity contribution in [3.05, 3.63) is 0 Å². The van der Waals surface area contributed by atoms with Crippen LogP contribution in [0.4, 0.5) is 0 Å². The third-order valence-electron chi connectivity index (χ3n) is 5.04. The molecule has 1 N–H and O–H groups in total. The summed E-state index contributed by atoms with van der Waals surface area (Å²) in [7, 11) is 6.47. The molecule has 0 radical (unpaired) electrons. The third-order valence-corrected chi connectivity index (χ3v) is 5.04.